The average molecular weight is 401 g/mol. The molecule has 1 aliphatic carbocycles. The van der Waals surface area contributed by atoms with Crippen LogP contribution in [0, 0.1) is 5.92 Å². The number of nitrogens with one attached hydrogen (secondary N) is 1. The summed E-state index contributed by atoms with van der Waals surface area (Å²) >= 11 is 0. The molecule has 1 aromatic heterocycles. The minimum Gasteiger partial charge on any atom is -0.321 e. The normalized spacial score (nSPS) is 19.0. The van der Waals surface area contributed by atoms with E-state index in [1.165, 1.54) is 56.9 Å². The van der Waals surface area contributed by atoms with E-state index in [4.69, 9.17) is 0 Å². The predicted molar refractivity (Wildman–Crippen MR) is 125 cm³/mol. The van der Waals surface area contributed by atoms with Gasteiger partial charge in [0.2, 0.25) is 0 Å². The van der Waals surface area contributed by atoms with Gasteiger partial charge < -0.3 is 5.32 Å². The van der Waals surface area contributed by atoms with Crippen LogP contribution in [0.25, 0.3) is 10.9 Å². The van der Waals surface area contributed by atoms with Gasteiger partial charge in [-0.2, -0.15) is 0 Å². The molecule has 3 aromatic rings. The van der Waals surface area contributed by atoms with E-state index in [-0.39, 0.29) is 5.91 Å². The molecule has 0 bridgehead atoms. The topological polar surface area (TPSA) is 42.0 Å². The third-order valence-electron chi connectivity index (χ3n) is 6.56. The van der Waals surface area contributed by atoms with Gasteiger partial charge in [0.15, 0.2) is 0 Å². The van der Waals surface area contributed by atoms with Crippen LogP contribution in [0.2, 0.25) is 0 Å². The number of hydrogen-bond acceptors (Lipinski definition) is 2. The first-order chi connectivity index (χ1) is 14.7. The second-order valence-corrected chi connectivity index (χ2v) is 8.71. The van der Waals surface area contributed by atoms with Gasteiger partial charge in [-0.25, -0.2) is 0 Å². The molecule has 4 rings (SSSR count). The molecular weight excluding hydrogens is 368 g/mol. The Kier molecular flexibility index (Phi) is 6.78. The maximum Gasteiger partial charge on any atom is 0.255 e. The van der Waals surface area contributed by atoms with E-state index in [9.17, 15) is 4.79 Å². The lowest BCUT2D eigenvalue weighted by molar-refractivity contribution is 0.102. The molecule has 1 heterocycles. The molecule has 1 fully saturated rings. The fourth-order valence-corrected chi connectivity index (χ4v) is 4.72. The maximum absolute atomic E-state index is 12.7. The monoisotopic (exact) mass is 400 g/mol. The fourth-order valence-electron chi connectivity index (χ4n) is 4.72. The van der Waals surface area contributed by atoms with E-state index in [2.05, 4.69) is 29.4 Å². The van der Waals surface area contributed by atoms with Crippen molar-refractivity contribution in [3.8, 4) is 0 Å². The SMILES string of the molecule is CCCCCC1CCC(c2ccc(C(=O)Nc3cnc4ccccc4c3)cc2)CC1. The minimum absolute atomic E-state index is 0.0849. The Labute approximate surface area is 179 Å². The lowest BCUT2D eigenvalue weighted by Crippen LogP contribution is -2.14. The number of fused-ring (bicyclic) bond motifs is 1. The lowest BCUT2D eigenvalue weighted by atomic mass is 9.77. The molecule has 0 radical (unpaired) electrons. The summed E-state index contributed by atoms with van der Waals surface area (Å²) in [5.41, 5.74) is 3.73. The van der Waals surface area contributed by atoms with Crippen LogP contribution in [-0.4, -0.2) is 10.9 Å². The summed E-state index contributed by atoms with van der Waals surface area (Å²) in [4.78, 5) is 17.1. The average Bonchev–Trinajstić information content (AvgIpc) is 2.80. The molecule has 1 amide bonds. The Bertz CT molecular complexity index is 972. The van der Waals surface area contributed by atoms with E-state index in [0.717, 1.165) is 22.5 Å². The van der Waals surface area contributed by atoms with E-state index in [1.54, 1.807) is 6.20 Å². The molecule has 0 spiro atoms. The zero-order valence-corrected chi connectivity index (χ0v) is 17.9. The van der Waals surface area contributed by atoms with Crippen LogP contribution >= 0.6 is 0 Å². The molecule has 1 aliphatic rings. The Morgan fingerprint density at radius 2 is 1.77 bits per heavy atom. The minimum atomic E-state index is -0.0849. The number of carbonyl (C=O) groups is 1. The Morgan fingerprint density at radius 1 is 1.00 bits per heavy atom. The van der Waals surface area contributed by atoms with Crippen molar-refractivity contribution < 1.29 is 4.79 Å². The molecule has 1 N–H and O–H groups in total. The quantitative estimate of drug-likeness (QED) is 0.421. The van der Waals surface area contributed by atoms with Crippen LogP contribution in [-0.2, 0) is 0 Å². The van der Waals surface area contributed by atoms with Crippen molar-refractivity contribution in [2.24, 2.45) is 5.92 Å². The molecule has 0 atom stereocenters. The highest BCUT2D eigenvalue weighted by Crippen LogP contribution is 2.37. The summed E-state index contributed by atoms with van der Waals surface area (Å²) in [5.74, 6) is 1.49. The summed E-state index contributed by atoms with van der Waals surface area (Å²) in [5, 5.41) is 4.00. The maximum atomic E-state index is 12.7. The van der Waals surface area contributed by atoms with E-state index < -0.39 is 0 Å². The molecule has 0 aliphatic heterocycles. The molecule has 30 heavy (non-hydrogen) atoms. The molecule has 156 valence electrons. The summed E-state index contributed by atoms with van der Waals surface area (Å²) in [6.07, 6.45) is 12.5. The van der Waals surface area contributed by atoms with Gasteiger partial charge in [0.25, 0.3) is 5.91 Å². The van der Waals surface area contributed by atoms with Gasteiger partial charge in [0.05, 0.1) is 17.4 Å². The van der Waals surface area contributed by atoms with Gasteiger partial charge in [-0.05, 0) is 67.3 Å². The largest absolute Gasteiger partial charge is 0.321 e. The van der Waals surface area contributed by atoms with E-state index in [0.29, 0.717) is 11.5 Å². The number of nitrogens with zero attached hydrogens (tertiary/aromatic N) is 1. The number of carbonyl (C=O) groups excluding carboxylic acids is 1. The molecule has 3 heteroatoms. The highest BCUT2D eigenvalue weighted by Gasteiger charge is 2.22. The lowest BCUT2D eigenvalue weighted by Gasteiger charge is -2.29. The van der Waals surface area contributed by atoms with Crippen LogP contribution < -0.4 is 5.32 Å². The smallest absolute Gasteiger partial charge is 0.255 e. The summed E-state index contributed by atoms with van der Waals surface area (Å²) in [6, 6.07) is 18.1. The van der Waals surface area contributed by atoms with E-state index in [1.807, 2.05) is 42.5 Å². The van der Waals surface area contributed by atoms with Crippen LogP contribution in [0.4, 0.5) is 5.69 Å². The number of anilines is 1. The van der Waals surface area contributed by atoms with Crippen molar-refractivity contribution in [1.82, 2.24) is 4.98 Å². The van der Waals surface area contributed by atoms with Crippen molar-refractivity contribution in [1.29, 1.82) is 0 Å². The summed E-state index contributed by atoms with van der Waals surface area (Å²) in [6.45, 7) is 2.28. The molecule has 0 saturated heterocycles. The second kappa shape index (κ2) is 9.88. The first kappa shape index (κ1) is 20.6. The number of amides is 1. The van der Waals surface area contributed by atoms with Crippen molar-refractivity contribution in [2.45, 2.75) is 64.2 Å². The number of unbranched alkanes of at least 4 members (excludes halogenated alkanes) is 2. The summed E-state index contributed by atoms with van der Waals surface area (Å²) < 4.78 is 0. The number of aromatic nitrogens is 1. The Hall–Kier alpha value is -2.68. The van der Waals surface area contributed by atoms with Crippen molar-refractivity contribution in [3.63, 3.8) is 0 Å². The van der Waals surface area contributed by atoms with Crippen molar-refractivity contribution >= 4 is 22.5 Å². The third kappa shape index (κ3) is 5.08. The Balaban J connectivity index is 1.33. The number of pyridine rings is 1. The van der Waals surface area contributed by atoms with Gasteiger partial charge in [0.1, 0.15) is 0 Å². The zero-order chi connectivity index (χ0) is 20.8. The van der Waals surface area contributed by atoms with Gasteiger partial charge in [-0.3, -0.25) is 9.78 Å². The highest BCUT2D eigenvalue weighted by molar-refractivity contribution is 6.04. The van der Waals surface area contributed by atoms with Crippen LogP contribution in [0.15, 0.2) is 60.8 Å². The summed E-state index contributed by atoms with van der Waals surface area (Å²) in [7, 11) is 0. The third-order valence-corrected chi connectivity index (χ3v) is 6.56. The number of para-hydroxylation sites is 1. The number of benzene rings is 2. The number of rotatable bonds is 7. The van der Waals surface area contributed by atoms with Crippen molar-refractivity contribution in [2.75, 3.05) is 5.32 Å². The fraction of sp³-hybridized carbons (Fsp3) is 0.407. The molecule has 1 saturated carbocycles. The van der Waals surface area contributed by atoms with Crippen LogP contribution in [0.1, 0.15) is 80.1 Å². The molecule has 2 aromatic carbocycles. The molecule has 0 unspecified atom stereocenters. The van der Waals surface area contributed by atoms with Crippen LogP contribution in [0.3, 0.4) is 0 Å². The van der Waals surface area contributed by atoms with Gasteiger partial charge in [-0.15, -0.1) is 0 Å². The van der Waals surface area contributed by atoms with Crippen LogP contribution in [0.5, 0.6) is 0 Å². The Morgan fingerprint density at radius 3 is 2.53 bits per heavy atom. The van der Waals surface area contributed by atoms with Crippen molar-refractivity contribution in [3.05, 3.63) is 71.9 Å². The van der Waals surface area contributed by atoms with E-state index >= 15 is 0 Å². The number of hydrogen-bond donors (Lipinski definition) is 1. The standard InChI is InChI=1S/C27H32N2O/c1-2-3-4-7-20-10-12-21(13-11-20)22-14-16-23(17-15-22)27(30)29-25-18-24-8-5-6-9-26(24)28-19-25/h5-6,8-9,14-21H,2-4,7,10-13H2,1H3,(H,29,30). The molecule has 3 nitrogen and oxygen atoms in total. The van der Waals surface area contributed by atoms with Gasteiger partial charge in [0, 0.05) is 10.9 Å². The zero-order valence-electron chi connectivity index (χ0n) is 17.9. The first-order valence-corrected chi connectivity index (χ1v) is 11.5. The predicted octanol–water partition coefficient (Wildman–Crippen LogP) is 7.34. The highest BCUT2D eigenvalue weighted by atomic mass is 16.1. The molecular formula is C27H32N2O. The van der Waals surface area contributed by atoms with Gasteiger partial charge in [-0.1, -0.05) is 62.9 Å². The first-order valence-electron chi connectivity index (χ1n) is 11.5. The van der Waals surface area contributed by atoms with Gasteiger partial charge >= 0.3 is 0 Å². The second-order valence-electron chi connectivity index (χ2n) is 8.71.